The third-order valence-corrected chi connectivity index (χ3v) is 3.27. The lowest BCUT2D eigenvalue weighted by Gasteiger charge is -2.06. The van der Waals surface area contributed by atoms with E-state index in [2.05, 4.69) is 24.7 Å². The number of hydrogen-bond donors (Lipinski definition) is 0. The third-order valence-electron chi connectivity index (χ3n) is 3.08. The smallest absolute Gasteiger partial charge is 0.228 e. The monoisotopic (exact) mass is 291 g/mol. The van der Waals surface area contributed by atoms with Crippen LogP contribution >= 0.6 is 11.6 Å². The van der Waals surface area contributed by atoms with Crippen molar-refractivity contribution in [2.24, 2.45) is 0 Å². The number of nitrogens with zero attached hydrogens (tertiary/aromatic N) is 5. The Labute approximate surface area is 120 Å². The lowest BCUT2D eigenvalue weighted by atomic mass is 10.3. The molecule has 6 nitrogen and oxygen atoms in total. The van der Waals surface area contributed by atoms with E-state index < -0.39 is 0 Å². The van der Waals surface area contributed by atoms with Gasteiger partial charge in [-0.2, -0.15) is 4.98 Å². The summed E-state index contributed by atoms with van der Waals surface area (Å²) in [5, 5.41) is 3.61. The molecule has 104 valence electrons. The normalized spacial score (nSPS) is 11.3. The molecule has 0 radical (unpaired) electrons. The molecule has 0 aliphatic carbocycles. The van der Waals surface area contributed by atoms with E-state index in [1.54, 1.807) is 0 Å². The minimum atomic E-state index is 0.531. The fourth-order valence-corrected chi connectivity index (χ4v) is 2.34. The number of alkyl halides is 1. The molecule has 0 aliphatic heterocycles. The molecular weight excluding hydrogens is 278 g/mol. The highest BCUT2D eigenvalue weighted by atomic mass is 35.5. The van der Waals surface area contributed by atoms with Gasteiger partial charge < -0.3 is 9.09 Å². The maximum absolute atomic E-state index is 5.85. The lowest BCUT2D eigenvalue weighted by Crippen LogP contribution is -2.08. The van der Waals surface area contributed by atoms with E-state index in [1.165, 1.54) is 6.33 Å². The minimum absolute atomic E-state index is 0.531. The summed E-state index contributed by atoms with van der Waals surface area (Å²) in [6.07, 6.45) is 2.76. The molecule has 0 unspecified atom stereocenters. The Morgan fingerprint density at radius 1 is 1.25 bits per heavy atom. The molecule has 0 fully saturated rings. The van der Waals surface area contributed by atoms with Gasteiger partial charge in [-0.25, -0.2) is 9.97 Å². The van der Waals surface area contributed by atoms with Crippen molar-refractivity contribution in [2.45, 2.75) is 26.3 Å². The van der Waals surface area contributed by atoms with Gasteiger partial charge in [0, 0.05) is 31.0 Å². The molecule has 0 bridgehead atoms. The van der Waals surface area contributed by atoms with Gasteiger partial charge in [0.15, 0.2) is 12.0 Å². The fraction of sp³-hybridized carbons (Fsp3) is 0.385. The molecule has 0 aliphatic rings. The van der Waals surface area contributed by atoms with E-state index in [1.807, 2.05) is 19.1 Å². The van der Waals surface area contributed by atoms with E-state index in [9.17, 15) is 0 Å². The first-order valence-corrected chi connectivity index (χ1v) is 6.95. The first-order valence-electron chi connectivity index (χ1n) is 6.42. The molecule has 0 aromatic carbocycles. The maximum atomic E-state index is 5.85. The number of fused-ring (bicyclic) bond motifs is 1. The van der Waals surface area contributed by atoms with Gasteiger partial charge in [-0.05, 0) is 19.1 Å². The van der Waals surface area contributed by atoms with E-state index in [-0.39, 0.29) is 0 Å². The van der Waals surface area contributed by atoms with E-state index in [0.717, 1.165) is 22.7 Å². The highest BCUT2D eigenvalue weighted by Gasteiger charge is 2.12. The second-order valence-electron chi connectivity index (χ2n) is 4.50. The summed E-state index contributed by atoms with van der Waals surface area (Å²) in [5.41, 5.74) is 2.74. The fourth-order valence-electron chi connectivity index (χ4n) is 2.17. The molecule has 0 saturated carbocycles. The predicted octanol–water partition coefficient (Wildman–Crippen LogP) is 2.15. The first-order chi connectivity index (χ1) is 9.78. The summed E-state index contributed by atoms with van der Waals surface area (Å²) < 4.78 is 7.10. The Kier molecular flexibility index (Phi) is 3.64. The molecule has 0 spiro atoms. The summed E-state index contributed by atoms with van der Waals surface area (Å²) in [4.78, 5) is 13.2. The highest BCUT2D eigenvalue weighted by molar-refractivity contribution is 6.17. The van der Waals surface area contributed by atoms with Crippen molar-refractivity contribution >= 4 is 22.8 Å². The molecule has 3 rings (SSSR count). The number of hydrogen-bond acceptors (Lipinski definition) is 5. The standard InChI is InChI=1S/C13H14ClN5O/c1-9-2-3-10-13(17-9)19(11(18-10)4-6-14)7-5-12-15-8-16-20-12/h2-3,8H,4-7H2,1H3. The molecule has 3 heterocycles. The number of aryl methyl sites for hydroxylation is 4. The van der Waals surface area contributed by atoms with Crippen molar-refractivity contribution in [2.75, 3.05) is 5.88 Å². The summed E-state index contributed by atoms with van der Waals surface area (Å²) >= 11 is 5.85. The van der Waals surface area contributed by atoms with Crippen molar-refractivity contribution in [3.8, 4) is 0 Å². The number of aromatic nitrogens is 5. The van der Waals surface area contributed by atoms with Gasteiger partial charge in [0.25, 0.3) is 0 Å². The Morgan fingerprint density at radius 3 is 2.90 bits per heavy atom. The molecule has 0 N–H and O–H groups in total. The van der Waals surface area contributed by atoms with Crippen LogP contribution in [0.1, 0.15) is 17.4 Å². The molecular formula is C13H14ClN5O. The van der Waals surface area contributed by atoms with Crippen LogP contribution in [0.5, 0.6) is 0 Å². The van der Waals surface area contributed by atoms with Crippen molar-refractivity contribution < 1.29 is 4.52 Å². The number of rotatable bonds is 5. The number of imidazole rings is 1. The van der Waals surface area contributed by atoms with Crippen molar-refractivity contribution in [1.82, 2.24) is 24.7 Å². The van der Waals surface area contributed by atoms with Gasteiger partial charge in [-0.1, -0.05) is 5.16 Å². The molecule has 0 atom stereocenters. The van der Waals surface area contributed by atoms with Crippen LogP contribution in [0, 0.1) is 6.92 Å². The Hall–Kier alpha value is -1.95. The Bertz CT molecular complexity index is 707. The first kappa shape index (κ1) is 13.1. The average molecular weight is 292 g/mol. The Morgan fingerprint density at radius 2 is 2.15 bits per heavy atom. The van der Waals surface area contributed by atoms with Gasteiger partial charge in [-0.15, -0.1) is 11.6 Å². The molecule has 20 heavy (non-hydrogen) atoms. The molecule has 3 aromatic heterocycles. The van der Waals surface area contributed by atoms with Crippen LogP contribution in [-0.4, -0.2) is 30.6 Å². The van der Waals surface area contributed by atoms with Gasteiger partial charge in [0.05, 0.1) is 0 Å². The average Bonchev–Trinajstić information content (AvgIpc) is 3.04. The van der Waals surface area contributed by atoms with Crippen LogP contribution < -0.4 is 0 Å². The largest absolute Gasteiger partial charge is 0.340 e. The van der Waals surface area contributed by atoms with E-state index in [4.69, 9.17) is 16.1 Å². The number of halogens is 1. The highest BCUT2D eigenvalue weighted by Crippen LogP contribution is 2.16. The summed E-state index contributed by atoms with van der Waals surface area (Å²) in [5.74, 6) is 2.08. The van der Waals surface area contributed by atoms with Gasteiger partial charge in [0.1, 0.15) is 11.3 Å². The molecule has 0 saturated heterocycles. The van der Waals surface area contributed by atoms with Crippen molar-refractivity contribution in [3.05, 3.63) is 35.9 Å². The maximum Gasteiger partial charge on any atom is 0.228 e. The Balaban J connectivity index is 1.96. The zero-order valence-electron chi connectivity index (χ0n) is 11.1. The van der Waals surface area contributed by atoms with Crippen LogP contribution in [-0.2, 0) is 19.4 Å². The lowest BCUT2D eigenvalue weighted by molar-refractivity contribution is 0.370. The van der Waals surface area contributed by atoms with E-state index in [0.29, 0.717) is 31.2 Å². The van der Waals surface area contributed by atoms with Crippen LogP contribution in [0.15, 0.2) is 23.0 Å². The zero-order valence-corrected chi connectivity index (χ0v) is 11.8. The van der Waals surface area contributed by atoms with E-state index >= 15 is 0 Å². The summed E-state index contributed by atoms with van der Waals surface area (Å²) in [6, 6.07) is 3.95. The molecule has 3 aromatic rings. The van der Waals surface area contributed by atoms with Gasteiger partial charge >= 0.3 is 0 Å². The SMILES string of the molecule is Cc1ccc2nc(CCCl)n(CCc3ncno3)c2n1. The molecule has 0 amide bonds. The second kappa shape index (κ2) is 5.58. The van der Waals surface area contributed by atoms with Crippen LogP contribution in [0.4, 0.5) is 0 Å². The van der Waals surface area contributed by atoms with Crippen LogP contribution in [0.2, 0.25) is 0 Å². The predicted molar refractivity (Wildman–Crippen MR) is 74.7 cm³/mol. The van der Waals surface area contributed by atoms with Gasteiger partial charge in [0.2, 0.25) is 5.89 Å². The minimum Gasteiger partial charge on any atom is -0.340 e. The zero-order chi connectivity index (χ0) is 13.9. The summed E-state index contributed by atoms with van der Waals surface area (Å²) in [6.45, 7) is 2.66. The second-order valence-corrected chi connectivity index (χ2v) is 4.88. The summed E-state index contributed by atoms with van der Waals surface area (Å²) in [7, 11) is 0. The number of pyridine rings is 1. The van der Waals surface area contributed by atoms with Crippen LogP contribution in [0.25, 0.3) is 11.2 Å². The third kappa shape index (κ3) is 2.51. The van der Waals surface area contributed by atoms with Crippen molar-refractivity contribution in [3.63, 3.8) is 0 Å². The van der Waals surface area contributed by atoms with Gasteiger partial charge in [-0.3, -0.25) is 0 Å². The molecule has 7 heteroatoms. The van der Waals surface area contributed by atoms with Crippen molar-refractivity contribution in [1.29, 1.82) is 0 Å². The topological polar surface area (TPSA) is 69.6 Å². The quantitative estimate of drug-likeness (QED) is 0.674. The van der Waals surface area contributed by atoms with Crippen LogP contribution in [0.3, 0.4) is 0 Å².